The first-order valence-corrected chi connectivity index (χ1v) is 8.01. The van der Waals surface area contributed by atoms with E-state index >= 15 is 0 Å². The van der Waals surface area contributed by atoms with Gasteiger partial charge in [-0.2, -0.15) is 0 Å². The van der Waals surface area contributed by atoms with Crippen molar-refractivity contribution in [3.63, 3.8) is 0 Å². The zero-order chi connectivity index (χ0) is 18.7. The van der Waals surface area contributed by atoms with Crippen molar-refractivity contribution in [1.82, 2.24) is 4.57 Å². The Bertz CT molecular complexity index is 973. The predicted molar refractivity (Wildman–Crippen MR) is 97.1 cm³/mol. The maximum atomic E-state index is 12.5. The van der Waals surface area contributed by atoms with Gasteiger partial charge in [0.1, 0.15) is 11.5 Å². The van der Waals surface area contributed by atoms with Crippen molar-refractivity contribution in [3.05, 3.63) is 59.8 Å². The molecule has 0 N–H and O–H groups in total. The summed E-state index contributed by atoms with van der Waals surface area (Å²) in [5.74, 6) is 0.0119. The Morgan fingerprint density at radius 2 is 1.77 bits per heavy atom. The van der Waals surface area contributed by atoms with Crippen molar-refractivity contribution in [1.29, 1.82) is 0 Å². The Morgan fingerprint density at radius 3 is 2.50 bits per heavy atom. The molecule has 0 saturated heterocycles. The second kappa shape index (κ2) is 7.31. The molecule has 0 atom stereocenters. The number of aryl methyl sites for hydroxylation is 1. The van der Waals surface area contributed by atoms with E-state index in [0.717, 1.165) is 10.9 Å². The zero-order valence-corrected chi connectivity index (χ0v) is 14.8. The van der Waals surface area contributed by atoms with Gasteiger partial charge in [-0.15, -0.1) is 0 Å². The molecule has 0 aliphatic carbocycles. The fourth-order valence-corrected chi connectivity index (χ4v) is 2.82. The highest BCUT2D eigenvalue weighted by atomic mass is 16.5. The van der Waals surface area contributed by atoms with E-state index in [2.05, 4.69) is 0 Å². The van der Waals surface area contributed by atoms with E-state index in [1.54, 1.807) is 24.4 Å². The van der Waals surface area contributed by atoms with Gasteiger partial charge in [-0.25, -0.2) is 4.79 Å². The number of benzene rings is 2. The lowest BCUT2D eigenvalue weighted by Crippen LogP contribution is -2.15. The van der Waals surface area contributed by atoms with E-state index in [9.17, 15) is 9.59 Å². The highest BCUT2D eigenvalue weighted by molar-refractivity contribution is 6.06. The van der Waals surface area contributed by atoms with Crippen LogP contribution in [-0.2, 0) is 11.8 Å². The monoisotopic (exact) mass is 353 g/mol. The van der Waals surface area contributed by atoms with Crippen molar-refractivity contribution < 1.29 is 23.8 Å². The number of ether oxygens (including phenoxy) is 3. The Hall–Kier alpha value is -3.28. The van der Waals surface area contributed by atoms with Crippen molar-refractivity contribution in [2.75, 3.05) is 20.8 Å². The molecule has 0 aliphatic heterocycles. The number of Topliss-reactive ketones (excluding diaryl/α,β-unsaturated/α-hetero) is 1. The lowest BCUT2D eigenvalue weighted by molar-refractivity contribution is 0.0475. The minimum Gasteiger partial charge on any atom is -0.497 e. The van der Waals surface area contributed by atoms with Crippen LogP contribution in [0, 0.1) is 0 Å². The molecule has 6 nitrogen and oxygen atoms in total. The number of aromatic nitrogens is 1. The van der Waals surface area contributed by atoms with Crippen molar-refractivity contribution in [3.8, 4) is 11.5 Å². The summed E-state index contributed by atoms with van der Waals surface area (Å²) in [6.07, 6.45) is 1.70. The average Bonchev–Trinajstić information content (AvgIpc) is 3.02. The van der Waals surface area contributed by atoms with Crippen LogP contribution >= 0.6 is 0 Å². The molecule has 0 saturated carbocycles. The second-order valence-corrected chi connectivity index (χ2v) is 5.74. The van der Waals surface area contributed by atoms with Crippen LogP contribution in [0.25, 0.3) is 10.9 Å². The van der Waals surface area contributed by atoms with Gasteiger partial charge < -0.3 is 18.8 Å². The van der Waals surface area contributed by atoms with Gasteiger partial charge in [0.2, 0.25) is 5.78 Å². The third-order valence-electron chi connectivity index (χ3n) is 4.16. The molecule has 0 radical (unpaired) electrons. The van der Waals surface area contributed by atoms with E-state index in [1.165, 1.54) is 14.2 Å². The maximum absolute atomic E-state index is 12.5. The SMILES string of the molecule is COc1ccc(OC)c(C(=O)COC(=O)c2cn(C)c3ccccc23)c1. The number of esters is 1. The number of nitrogens with zero attached hydrogens (tertiary/aromatic N) is 1. The van der Waals surface area contributed by atoms with Gasteiger partial charge in [0.15, 0.2) is 6.61 Å². The lowest BCUT2D eigenvalue weighted by Gasteiger charge is -2.10. The molecule has 0 unspecified atom stereocenters. The van der Waals surface area contributed by atoms with Crippen LogP contribution in [0.4, 0.5) is 0 Å². The summed E-state index contributed by atoms with van der Waals surface area (Å²) in [4.78, 5) is 24.9. The van der Waals surface area contributed by atoms with E-state index in [0.29, 0.717) is 22.6 Å². The van der Waals surface area contributed by atoms with Crippen LogP contribution in [0.1, 0.15) is 20.7 Å². The smallest absolute Gasteiger partial charge is 0.340 e. The van der Waals surface area contributed by atoms with Gasteiger partial charge in [0.25, 0.3) is 0 Å². The van der Waals surface area contributed by atoms with Crippen LogP contribution in [0.3, 0.4) is 0 Å². The molecule has 0 fully saturated rings. The first kappa shape index (κ1) is 17.5. The van der Waals surface area contributed by atoms with Crippen molar-refractivity contribution >= 4 is 22.7 Å². The van der Waals surface area contributed by atoms with Crippen molar-refractivity contribution in [2.24, 2.45) is 7.05 Å². The number of fused-ring (bicyclic) bond motifs is 1. The summed E-state index contributed by atoms with van der Waals surface area (Å²) in [5.41, 5.74) is 1.64. The van der Waals surface area contributed by atoms with Gasteiger partial charge in [-0.1, -0.05) is 18.2 Å². The molecule has 2 aromatic carbocycles. The maximum Gasteiger partial charge on any atom is 0.340 e. The Kier molecular flexibility index (Phi) is 4.93. The predicted octanol–water partition coefficient (Wildman–Crippen LogP) is 3.24. The largest absolute Gasteiger partial charge is 0.497 e. The van der Waals surface area contributed by atoms with E-state index in [1.807, 2.05) is 35.9 Å². The molecule has 1 heterocycles. The molecule has 0 spiro atoms. The quantitative estimate of drug-likeness (QED) is 0.503. The van der Waals surface area contributed by atoms with Gasteiger partial charge in [0, 0.05) is 24.1 Å². The topological polar surface area (TPSA) is 66.8 Å². The third kappa shape index (κ3) is 3.26. The van der Waals surface area contributed by atoms with E-state index in [-0.39, 0.29) is 12.4 Å². The molecule has 0 amide bonds. The number of hydrogen-bond acceptors (Lipinski definition) is 5. The lowest BCUT2D eigenvalue weighted by atomic mass is 10.1. The number of carbonyl (C=O) groups excluding carboxylic acids is 2. The van der Waals surface area contributed by atoms with Gasteiger partial charge in [-0.05, 0) is 24.3 Å². The van der Waals surface area contributed by atoms with Crippen LogP contribution < -0.4 is 9.47 Å². The average molecular weight is 353 g/mol. The Morgan fingerprint density at radius 1 is 1.00 bits per heavy atom. The molecule has 3 rings (SSSR count). The van der Waals surface area contributed by atoms with Gasteiger partial charge in [-0.3, -0.25) is 4.79 Å². The summed E-state index contributed by atoms with van der Waals surface area (Å²) in [5, 5.41) is 0.784. The summed E-state index contributed by atoms with van der Waals surface area (Å²) in [7, 11) is 4.84. The summed E-state index contributed by atoms with van der Waals surface area (Å²) in [6, 6.07) is 12.4. The molecule has 3 aromatic rings. The zero-order valence-electron chi connectivity index (χ0n) is 14.8. The molecule has 0 bridgehead atoms. The molecular formula is C20H19NO5. The van der Waals surface area contributed by atoms with Crippen LogP contribution in [0.15, 0.2) is 48.7 Å². The Balaban J connectivity index is 1.78. The van der Waals surface area contributed by atoms with Crippen LogP contribution in [-0.4, -0.2) is 37.1 Å². The Labute approximate surface area is 150 Å². The number of ketones is 1. The molecule has 1 aromatic heterocycles. The number of rotatable bonds is 6. The minimum atomic E-state index is -0.544. The summed E-state index contributed by atoms with van der Waals surface area (Å²) < 4.78 is 17.4. The molecule has 6 heteroatoms. The minimum absolute atomic E-state index is 0.303. The number of para-hydroxylation sites is 1. The fourth-order valence-electron chi connectivity index (χ4n) is 2.82. The highest BCUT2D eigenvalue weighted by Gasteiger charge is 2.19. The molecular weight excluding hydrogens is 334 g/mol. The number of hydrogen-bond donors (Lipinski definition) is 0. The summed E-state index contributed by atoms with van der Waals surface area (Å²) >= 11 is 0. The second-order valence-electron chi connectivity index (χ2n) is 5.74. The number of carbonyl (C=O) groups is 2. The normalized spacial score (nSPS) is 10.6. The first-order chi connectivity index (χ1) is 12.5. The van der Waals surface area contributed by atoms with Crippen LogP contribution in [0.2, 0.25) is 0 Å². The number of methoxy groups -OCH3 is 2. The van der Waals surface area contributed by atoms with Crippen molar-refractivity contribution in [2.45, 2.75) is 0 Å². The molecule has 0 aliphatic rings. The molecule has 134 valence electrons. The standard InChI is InChI=1S/C20H19NO5/c1-21-11-16(14-6-4-5-7-17(14)21)20(23)26-12-18(22)15-10-13(24-2)8-9-19(15)25-3/h4-11H,12H2,1-3H3. The van der Waals surface area contributed by atoms with Gasteiger partial charge in [0.05, 0.1) is 25.3 Å². The highest BCUT2D eigenvalue weighted by Crippen LogP contribution is 2.25. The molecule has 26 heavy (non-hydrogen) atoms. The fraction of sp³-hybridized carbons (Fsp3) is 0.200. The van der Waals surface area contributed by atoms with E-state index in [4.69, 9.17) is 14.2 Å². The van der Waals surface area contributed by atoms with Crippen LogP contribution in [0.5, 0.6) is 11.5 Å². The first-order valence-electron chi connectivity index (χ1n) is 8.01. The van der Waals surface area contributed by atoms with E-state index < -0.39 is 5.97 Å². The summed E-state index contributed by atoms with van der Waals surface area (Å²) in [6.45, 7) is -0.383. The van der Waals surface area contributed by atoms with Gasteiger partial charge >= 0.3 is 5.97 Å². The third-order valence-corrected chi connectivity index (χ3v) is 4.16.